The van der Waals surface area contributed by atoms with Gasteiger partial charge >= 0.3 is 0 Å². The number of benzene rings is 1. The van der Waals surface area contributed by atoms with Crippen molar-refractivity contribution in [2.24, 2.45) is 0 Å². The van der Waals surface area contributed by atoms with Crippen LogP contribution in [0.1, 0.15) is 24.9 Å². The Morgan fingerprint density at radius 2 is 2.20 bits per heavy atom. The minimum absolute atomic E-state index is 0.0352. The van der Waals surface area contributed by atoms with Crippen molar-refractivity contribution in [2.45, 2.75) is 19.4 Å². The Hall–Kier alpha value is -1.17. The summed E-state index contributed by atoms with van der Waals surface area (Å²) in [6.45, 7) is 3.45. The van der Waals surface area contributed by atoms with Gasteiger partial charge < -0.3 is 15.4 Å². The third-order valence-corrected chi connectivity index (χ3v) is 3.19. The molecule has 0 bridgehead atoms. The summed E-state index contributed by atoms with van der Waals surface area (Å²) in [5, 5.41) is 6.30. The Morgan fingerprint density at radius 1 is 1.45 bits per heavy atom. The van der Waals surface area contributed by atoms with E-state index in [1.54, 1.807) is 13.2 Å². The van der Waals surface area contributed by atoms with Crippen molar-refractivity contribution >= 4 is 17.5 Å². The molecule has 1 unspecified atom stereocenters. The van der Waals surface area contributed by atoms with E-state index in [-0.39, 0.29) is 17.8 Å². The van der Waals surface area contributed by atoms with Crippen molar-refractivity contribution in [3.05, 3.63) is 34.6 Å². The summed E-state index contributed by atoms with van der Waals surface area (Å²) in [5.74, 6) is -0.393. The van der Waals surface area contributed by atoms with Crippen molar-refractivity contribution in [1.82, 2.24) is 10.6 Å². The van der Waals surface area contributed by atoms with Crippen LogP contribution in [-0.2, 0) is 9.53 Å². The number of carbonyl (C=O) groups excluding carboxylic acids is 1. The lowest BCUT2D eigenvalue weighted by molar-refractivity contribution is -0.121. The number of methoxy groups -OCH3 is 1. The topological polar surface area (TPSA) is 50.4 Å². The lowest BCUT2D eigenvalue weighted by atomic mass is 10.1. The van der Waals surface area contributed by atoms with Crippen LogP contribution in [0.15, 0.2) is 18.2 Å². The van der Waals surface area contributed by atoms with Gasteiger partial charge in [0.05, 0.1) is 6.61 Å². The molecule has 20 heavy (non-hydrogen) atoms. The molecule has 1 rings (SSSR count). The fourth-order valence-corrected chi connectivity index (χ4v) is 2.08. The Balaban J connectivity index is 2.32. The average Bonchev–Trinajstić information content (AvgIpc) is 2.38. The zero-order valence-electron chi connectivity index (χ0n) is 11.7. The standard InChI is InChI=1S/C14H20ClFN2O2/c1-10(12-4-3-11(16)9-13(12)15)17-6-5-14(19)18-7-8-20-2/h3-4,9-10,17H,5-8H2,1-2H3,(H,18,19). The molecule has 1 aromatic carbocycles. The zero-order chi connectivity index (χ0) is 15.0. The van der Waals surface area contributed by atoms with Crippen LogP contribution in [0.3, 0.4) is 0 Å². The number of carbonyl (C=O) groups is 1. The van der Waals surface area contributed by atoms with Gasteiger partial charge in [-0.2, -0.15) is 0 Å². The molecular formula is C14H20ClFN2O2. The second kappa shape index (κ2) is 8.89. The summed E-state index contributed by atoms with van der Waals surface area (Å²) in [5.41, 5.74) is 0.813. The molecule has 0 saturated heterocycles. The van der Waals surface area contributed by atoms with E-state index < -0.39 is 0 Å². The third-order valence-electron chi connectivity index (χ3n) is 2.86. The smallest absolute Gasteiger partial charge is 0.221 e. The summed E-state index contributed by atoms with van der Waals surface area (Å²) in [4.78, 5) is 11.5. The molecule has 0 aliphatic heterocycles. The Labute approximate surface area is 123 Å². The van der Waals surface area contributed by atoms with Crippen LogP contribution in [0.4, 0.5) is 4.39 Å². The molecule has 0 fully saturated rings. The van der Waals surface area contributed by atoms with E-state index in [2.05, 4.69) is 10.6 Å². The van der Waals surface area contributed by atoms with Gasteiger partial charge in [-0.25, -0.2) is 4.39 Å². The van der Waals surface area contributed by atoms with Gasteiger partial charge in [0.1, 0.15) is 5.82 Å². The molecule has 4 nitrogen and oxygen atoms in total. The predicted molar refractivity (Wildman–Crippen MR) is 77.3 cm³/mol. The Bertz CT molecular complexity index is 443. The van der Waals surface area contributed by atoms with Crippen molar-refractivity contribution < 1.29 is 13.9 Å². The van der Waals surface area contributed by atoms with E-state index in [1.807, 2.05) is 6.92 Å². The Kier molecular flexibility index (Phi) is 7.51. The second-order valence-electron chi connectivity index (χ2n) is 4.43. The van der Waals surface area contributed by atoms with E-state index in [0.717, 1.165) is 5.56 Å². The van der Waals surface area contributed by atoms with Crippen LogP contribution in [-0.4, -0.2) is 32.7 Å². The number of amides is 1. The summed E-state index contributed by atoms with van der Waals surface area (Å²) in [7, 11) is 1.59. The van der Waals surface area contributed by atoms with E-state index in [4.69, 9.17) is 16.3 Å². The molecule has 1 aromatic rings. The van der Waals surface area contributed by atoms with Gasteiger partial charge in [0.25, 0.3) is 0 Å². The van der Waals surface area contributed by atoms with Crippen LogP contribution in [0.2, 0.25) is 5.02 Å². The molecule has 0 aliphatic rings. The quantitative estimate of drug-likeness (QED) is 0.724. The van der Waals surface area contributed by atoms with Crippen molar-refractivity contribution in [3.63, 3.8) is 0 Å². The molecule has 112 valence electrons. The monoisotopic (exact) mass is 302 g/mol. The van der Waals surface area contributed by atoms with Gasteiger partial charge in [-0.15, -0.1) is 0 Å². The van der Waals surface area contributed by atoms with Gasteiger partial charge in [0, 0.05) is 37.7 Å². The number of hydrogen-bond donors (Lipinski definition) is 2. The number of nitrogens with one attached hydrogen (secondary N) is 2. The predicted octanol–water partition coefficient (Wildman–Crippen LogP) is 2.28. The number of halogens is 2. The minimum atomic E-state index is -0.358. The second-order valence-corrected chi connectivity index (χ2v) is 4.84. The van der Waals surface area contributed by atoms with Gasteiger partial charge in [0.2, 0.25) is 5.91 Å². The number of hydrogen-bond acceptors (Lipinski definition) is 3. The first-order valence-corrected chi connectivity index (χ1v) is 6.86. The molecule has 0 aromatic heterocycles. The number of ether oxygens (including phenoxy) is 1. The molecule has 1 atom stereocenters. The molecule has 2 N–H and O–H groups in total. The lowest BCUT2D eigenvalue weighted by Crippen LogP contribution is -2.30. The van der Waals surface area contributed by atoms with Crippen LogP contribution in [0.25, 0.3) is 0 Å². The van der Waals surface area contributed by atoms with E-state index in [1.165, 1.54) is 12.1 Å². The van der Waals surface area contributed by atoms with E-state index >= 15 is 0 Å². The van der Waals surface area contributed by atoms with Gasteiger partial charge in [-0.05, 0) is 24.6 Å². The van der Waals surface area contributed by atoms with Crippen molar-refractivity contribution in [1.29, 1.82) is 0 Å². The SMILES string of the molecule is COCCNC(=O)CCNC(C)c1ccc(F)cc1Cl. The highest BCUT2D eigenvalue weighted by molar-refractivity contribution is 6.31. The molecule has 6 heteroatoms. The largest absolute Gasteiger partial charge is 0.383 e. The minimum Gasteiger partial charge on any atom is -0.383 e. The van der Waals surface area contributed by atoms with E-state index in [9.17, 15) is 9.18 Å². The summed E-state index contributed by atoms with van der Waals surface area (Å²) >= 11 is 5.98. The molecule has 1 amide bonds. The van der Waals surface area contributed by atoms with Gasteiger partial charge in [0.15, 0.2) is 0 Å². The van der Waals surface area contributed by atoms with Crippen LogP contribution >= 0.6 is 11.6 Å². The van der Waals surface area contributed by atoms with Crippen LogP contribution in [0, 0.1) is 5.82 Å². The summed E-state index contributed by atoms with van der Waals surface area (Å²) in [6.07, 6.45) is 0.368. The fraction of sp³-hybridized carbons (Fsp3) is 0.500. The summed E-state index contributed by atoms with van der Waals surface area (Å²) < 4.78 is 17.8. The molecule has 0 aliphatic carbocycles. The fourth-order valence-electron chi connectivity index (χ4n) is 1.75. The highest BCUT2D eigenvalue weighted by atomic mass is 35.5. The maximum Gasteiger partial charge on any atom is 0.221 e. The molecule has 0 radical (unpaired) electrons. The number of rotatable bonds is 8. The van der Waals surface area contributed by atoms with E-state index in [0.29, 0.717) is 31.1 Å². The summed E-state index contributed by atoms with van der Waals surface area (Å²) in [6, 6.07) is 4.26. The highest BCUT2D eigenvalue weighted by Gasteiger charge is 2.10. The van der Waals surface area contributed by atoms with Crippen LogP contribution in [0.5, 0.6) is 0 Å². The van der Waals surface area contributed by atoms with Gasteiger partial charge in [-0.3, -0.25) is 4.79 Å². The first-order chi connectivity index (χ1) is 9.54. The zero-order valence-corrected chi connectivity index (χ0v) is 12.5. The van der Waals surface area contributed by atoms with Crippen LogP contribution < -0.4 is 10.6 Å². The first kappa shape index (κ1) is 16.9. The third kappa shape index (κ3) is 5.86. The highest BCUT2D eigenvalue weighted by Crippen LogP contribution is 2.23. The normalized spacial score (nSPS) is 12.2. The lowest BCUT2D eigenvalue weighted by Gasteiger charge is -2.15. The van der Waals surface area contributed by atoms with Crippen molar-refractivity contribution in [2.75, 3.05) is 26.8 Å². The first-order valence-electron chi connectivity index (χ1n) is 6.48. The average molecular weight is 303 g/mol. The maximum atomic E-state index is 12.9. The van der Waals surface area contributed by atoms with Crippen molar-refractivity contribution in [3.8, 4) is 0 Å². The molecule has 0 saturated carbocycles. The molecule has 0 heterocycles. The molecule has 0 spiro atoms. The maximum absolute atomic E-state index is 12.9. The van der Waals surface area contributed by atoms with Gasteiger partial charge in [-0.1, -0.05) is 17.7 Å². The molecular weight excluding hydrogens is 283 g/mol. The Morgan fingerprint density at radius 3 is 2.85 bits per heavy atom.